The van der Waals surface area contributed by atoms with Crippen LogP contribution in [-0.2, 0) is 4.79 Å². The van der Waals surface area contributed by atoms with Gasteiger partial charge >= 0.3 is 0 Å². The van der Waals surface area contributed by atoms with E-state index in [0.29, 0.717) is 22.3 Å². The van der Waals surface area contributed by atoms with Gasteiger partial charge in [-0.3, -0.25) is 4.79 Å². The van der Waals surface area contributed by atoms with Crippen LogP contribution >= 0.6 is 11.6 Å². The first-order valence-electron chi connectivity index (χ1n) is 7.68. The summed E-state index contributed by atoms with van der Waals surface area (Å²) in [5, 5.41) is 3.33. The zero-order valence-electron chi connectivity index (χ0n) is 13.6. The highest BCUT2D eigenvalue weighted by Crippen LogP contribution is 2.20. The van der Waals surface area contributed by atoms with Crippen LogP contribution in [0.5, 0.6) is 5.75 Å². The van der Waals surface area contributed by atoms with E-state index in [1.165, 1.54) is 0 Å². The molecule has 0 saturated heterocycles. The van der Waals surface area contributed by atoms with E-state index in [1.807, 2.05) is 43.3 Å². The van der Waals surface area contributed by atoms with Gasteiger partial charge in [-0.2, -0.15) is 0 Å². The van der Waals surface area contributed by atoms with Gasteiger partial charge in [-0.05, 0) is 24.6 Å². The SMILES string of the molecule is Cc1ccc(NC(=O)COc2cnc(-c3ccccc3)nc2)cc1Cl. The monoisotopic (exact) mass is 353 g/mol. The van der Waals surface area contributed by atoms with E-state index in [0.717, 1.165) is 11.1 Å². The standard InChI is InChI=1S/C19H16ClN3O2/c1-13-7-8-15(9-17(13)20)23-18(24)12-25-16-10-21-19(22-11-16)14-5-3-2-4-6-14/h2-11H,12H2,1H3,(H,23,24). The molecule has 0 aliphatic carbocycles. The van der Waals surface area contributed by atoms with E-state index >= 15 is 0 Å². The van der Waals surface area contributed by atoms with Crippen molar-refractivity contribution in [2.24, 2.45) is 0 Å². The normalized spacial score (nSPS) is 10.3. The van der Waals surface area contributed by atoms with Crippen molar-refractivity contribution >= 4 is 23.2 Å². The van der Waals surface area contributed by atoms with Crippen molar-refractivity contribution in [2.45, 2.75) is 6.92 Å². The summed E-state index contributed by atoms with van der Waals surface area (Å²) >= 11 is 6.04. The van der Waals surface area contributed by atoms with Crippen LogP contribution in [0, 0.1) is 6.92 Å². The maximum atomic E-state index is 12.0. The molecule has 5 nitrogen and oxygen atoms in total. The van der Waals surface area contributed by atoms with Gasteiger partial charge in [0.2, 0.25) is 0 Å². The fourth-order valence-electron chi connectivity index (χ4n) is 2.14. The predicted molar refractivity (Wildman–Crippen MR) is 97.8 cm³/mol. The Labute approximate surface area is 150 Å². The van der Waals surface area contributed by atoms with Crippen molar-refractivity contribution in [3.05, 3.63) is 71.5 Å². The molecule has 2 aromatic carbocycles. The van der Waals surface area contributed by atoms with Crippen molar-refractivity contribution in [3.8, 4) is 17.1 Å². The molecular formula is C19H16ClN3O2. The Balaban J connectivity index is 1.56. The van der Waals surface area contributed by atoms with Crippen LogP contribution < -0.4 is 10.1 Å². The van der Waals surface area contributed by atoms with Crippen LogP contribution in [-0.4, -0.2) is 22.5 Å². The van der Waals surface area contributed by atoms with E-state index in [1.54, 1.807) is 24.5 Å². The fraction of sp³-hybridized carbons (Fsp3) is 0.105. The first-order valence-corrected chi connectivity index (χ1v) is 8.06. The maximum absolute atomic E-state index is 12.0. The number of carbonyl (C=O) groups excluding carboxylic acids is 1. The van der Waals surface area contributed by atoms with Crippen molar-refractivity contribution in [3.63, 3.8) is 0 Å². The number of carbonyl (C=O) groups is 1. The molecule has 25 heavy (non-hydrogen) atoms. The van der Waals surface area contributed by atoms with E-state index in [-0.39, 0.29) is 12.5 Å². The van der Waals surface area contributed by atoms with E-state index in [4.69, 9.17) is 16.3 Å². The Kier molecular flexibility index (Phi) is 5.26. The lowest BCUT2D eigenvalue weighted by atomic mass is 10.2. The Bertz CT molecular complexity index is 868. The molecule has 0 saturated carbocycles. The molecule has 126 valence electrons. The number of rotatable bonds is 5. The number of nitrogens with zero attached hydrogens (tertiary/aromatic N) is 2. The first-order chi connectivity index (χ1) is 12.1. The zero-order valence-corrected chi connectivity index (χ0v) is 14.3. The summed E-state index contributed by atoms with van der Waals surface area (Å²) in [6, 6.07) is 15.0. The van der Waals surface area contributed by atoms with Crippen LogP contribution in [0.25, 0.3) is 11.4 Å². The Hall–Kier alpha value is -2.92. The minimum Gasteiger partial charge on any atom is -0.481 e. The number of benzene rings is 2. The molecule has 0 aliphatic heterocycles. The molecule has 1 N–H and O–H groups in total. The second-order valence-electron chi connectivity index (χ2n) is 5.41. The van der Waals surface area contributed by atoms with Gasteiger partial charge in [-0.1, -0.05) is 48.0 Å². The van der Waals surface area contributed by atoms with Crippen molar-refractivity contribution in [2.75, 3.05) is 11.9 Å². The first kappa shape index (κ1) is 16.9. The van der Waals surface area contributed by atoms with Crippen LogP contribution in [0.2, 0.25) is 5.02 Å². The van der Waals surface area contributed by atoms with Gasteiger partial charge in [0.05, 0.1) is 12.4 Å². The summed E-state index contributed by atoms with van der Waals surface area (Å²) in [6.07, 6.45) is 3.09. The minimum atomic E-state index is -0.285. The van der Waals surface area contributed by atoms with Gasteiger partial charge in [0, 0.05) is 16.3 Å². The highest BCUT2D eigenvalue weighted by atomic mass is 35.5. The van der Waals surface area contributed by atoms with Crippen molar-refractivity contribution in [1.82, 2.24) is 9.97 Å². The minimum absolute atomic E-state index is 0.139. The summed E-state index contributed by atoms with van der Waals surface area (Å²) in [6.45, 7) is 1.76. The summed E-state index contributed by atoms with van der Waals surface area (Å²) < 4.78 is 5.41. The summed E-state index contributed by atoms with van der Waals surface area (Å²) in [5.41, 5.74) is 2.49. The van der Waals surface area contributed by atoms with Crippen LogP contribution in [0.1, 0.15) is 5.56 Å². The number of halogens is 1. The number of anilines is 1. The maximum Gasteiger partial charge on any atom is 0.262 e. The van der Waals surface area contributed by atoms with E-state index in [9.17, 15) is 4.79 Å². The van der Waals surface area contributed by atoms with Gasteiger partial charge in [0.25, 0.3) is 5.91 Å². The van der Waals surface area contributed by atoms with Crippen LogP contribution in [0.15, 0.2) is 60.9 Å². The lowest BCUT2D eigenvalue weighted by Gasteiger charge is -2.08. The molecule has 0 bridgehead atoms. The Morgan fingerprint density at radius 1 is 1.12 bits per heavy atom. The molecule has 1 heterocycles. The van der Waals surface area contributed by atoms with Gasteiger partial charge in [0.1, 0.15) is 0 Å². The molecule has 3 rings (SSSR count). The smallest absolute Gasteiger partial charge is 0.262 e. The fourth-order valence-corrected chi connectivity index (χ4v) is 2.32. The molecule has 0 aliphatic rings. The highest BCUT2D eigenvalue weighted by molar-refractivity contribution is 6.31. The lowest BCUT2D eigenvalue weighted by Crippen LogP contribution is -2.20. The van der Waals surface area contributed by atoms with Crippen molar-refractivity contribution in [1.29, 1.82) is 0 Å². The average molecular weight is 354 g/mol. The molecule has 3 aromatic rings. The predicted octanol–water partition coefficient (Wildman–Crippen LogP) is 4.12. The Morgan fingerprint density at radius 2 is 1.84 bits per heavy atom. The average Bonchev–Trinajstić information content (AvgIpc) is 2.64. The van der Waals surface area contributed by atoms with Gasteiger partial charge in [0.15, 0.2) is 18.2 Å². The summed E-state index contributed by atoms with van der Waals surface area (Å²) in [7, 11) is 0. The van der Waals surface area contributed by atoms with Gasteiger partial charge in [-0.15, -0.1) is 0 Å². The number of amides is 1. The topological polar surface area (TPSA) is 64.1 Å². The van der Waals surface area contributed by atoms with Gasteiger partial charge in [-0.25, -0.2) is 9.97 Å². The molecule has 0 spiro atoms. The second-order valence-corrected chi connectivity index (χ2v) is 5.82. The lowest BCUT2D eigenvalue weighted by molar-refractivity contribution is -0.118. The van der Waals surface area contributed by atoms with Crippen LogP contribution in [0.3, 0.4) is 0 Å². The van der Waals surface area contributed by atoms with E-state index in [2.05, 4.69) is 15.3 Å². The zero-order chi connectivity index (χ0) is 17.6. The molecule has 6 heteroatoms. The molecule has 1 amide bonds. The molecule has 0 unspecified atom stereocenters. The van der Waals surface area contributed by atoms with Crippen LogP contribution in [0.4, 0.5) is 5.69 Å². The number of hydrogen-bond donors (Lipinski definition) is 1. The highest BCUT2D eigenvalue weighted by Gasteiger charge is 2.06. The Morgan fingerprint density at radius 3 is 2.52 bits per heavy atom. The third-order valence-electron chi connectivity index (χ3n) is 3.49. The third kappa shape index (κ3) is 4.55. The van der Waals surface area contributed by atoms with Crippen molar-refractivity contribution < 1.29 is 9.53 Å². The molecular weight excluding hydrogens is 338 g/mol. The number of nitrogens with one attached hydrogen (secondary N) is 1. The number of aromatic nitrogens is 2. The quantitative estimate of drug-likeness (QED) is 0.749. The van der Waals surface area contributed by atoms with E-state index < -0.39 is 0 Å². The summed E-state index contributed by atoms with van der Waals surface area (Å²) in [4.78, 5) is 20.4. The van der Waals surface area contributed by atoms with Gasteiger partial charge < -0.3 is 10.1 Å². The second kappa shape index (κ2) is 7.77. The number of hydrogen-bond acceptors (Lipinski definition) is 4. The molecule has 0 radical (unpaired) electrons. The molecule has 0 atom stereocenters. The summed E-state index contributed by atoms with van der Waals surface area (Å²) in [5.74, 6) is 0.746. The largest absolute Gasteiger partial charge is 0.481 e. The third-order valence-corrected chi connectivity index (χ3v) is 3.89. The molecule has 1 aromatic heterocycles. The molecule has 0 fully saturated rings. The number of ether oxygens (including phenoxy) is 1. The number of aryl methyl sites for hydroxylation is 1.